The number of aryl methyl sites for hydroxylation is 1. The minimum atomic E-state index is -1.07. The van der Waals surface area contributed by atoms with Crippen LogP contribution in [-0.2, 0) is 0 Å². The molecule has 0 radical (unpaired) electrons. The van der Waals surface area contributed by atoms with E-state index in [0.29, 0.717) is 12.1 Å². The molecule has 0 amide bonds. The van der Waals surface area contributed by atoms with Gasteiger partial charge in [0.2, 0.25) is 0 Å². The third-order valence-corrected chi connectivity index (χ3v) is 1.75. The van der Waals surface area contributed by atoms with E-state index in [4.69, 9.17) is 0 Å². The molecule has 0 aliphatic heterocycles. The molecular formula is C9H5F3N2O. The Balaban J connectivity index is 2.62. The molecule has 0 unspecified atom stereocenters. The van der Waals surface area contributed by atoms with Crippen LogP contribution in [0.3, 0.4) is 0 Å². The summed E-state index contributed by atoms with van der Waals surface area (Å²) in [7, 11) is 0. The predicted octanol–water partition coefficient (Wildman–Crippen LogP) is 2.46. The third kappa shape index (κ3) is 1.70. The van der Waals surface area contributed by atoms with Crippen LogP contribution >= 0.6 is 0 Å². The van der Waals surface area contributed by atoms with Crippen molar-refractivity contribution in [1.82, 2.24) is 10.1 Å². The van der Waals surface area contributed by atoms with Gasteiger partial charge in [-0.3, -0.25) is 0 Å². The summed E-state index contributed by atoms with van der Waals surface area (Å²) in [5.74, 6) is -3.20. The highest BCUT2D eigenvalue weighted by molar-refractivity contribution is 5.54. The van der Waals surface area contributed by atoms with Gasteiger partial charge >= 0.3 is 0 Å². The fourth-order valence-corrected chi connectivity index (χ4v) is 1.15. The minimum Gasteiger partial charge on any atom is -0.334 e. The second-order valence-corrected chi connectivity index (χ2v) is 2.89. The van der Waals surface area contributed by atoms with E-state index in [9.17, 15) is 13.2 Å². The lowest BCUT2D eigenvalue weighted by Gasteiger charge is -1.99. The van der Waals surface area contributed by atoms with Crippen LogP contribution in [0.5, 0.6) is 0 Å². The lowest BCUT2D eigenvalue weighted by Crippen LogP contribution is -1.92. The van der Waals surface area contributed by atoms with E-state index in [1.54, 1.807) is 0 Å². The van der Waals surface area contributed by atoms with E-state index in [2.05, 4.69) is 14.7 Å². The fraction of sp³-hybridized carbons (Fsp3) is 0.111. The van der Waals surface area contributed by atoms with Gasteiger partial charge in [0.1, 0.15) is 23.0 Å². The van der Waals surface area contributed by atoms with Crippen LogP contribution in [0.15, 0.2) is 16.7 Å². The summed E-state index contributed by atoms with van der Waals surface area (Å²) >= 11 is 0. The normalized spacial score (nSPS) is 10.7. The molecule has 0 bridgehead atoms. The predicted molar refractivity (Wildman–Crippen MR) is 44.3 cm³/mol. The quantitative estimate of drug-likeness (QED) is 0.731. The molecule has 0 fully saturated rings. The number of halogens is 3. The average Bonchev–Trinajstić information content (AvgIpc) is 2.49. The van der Waals surface area contributed by atoms with Gasteiger partial charge < -0.3 is 4.52 Å². The van der Waals surface area contributed by atoms with Crippen LogP contribution in [0.25, 0.3) is 11.5 Å². The van der Waals surface area contributed by atoms with Crippen molar-refractivity contribution in [3.8, 4) is 11.5 Å². The van der Waals surface area contributed by atoms with Crippen molar-refractivity contribution in [3.63, 3.8) is 0 Å². The van der Waals surface area contributed by atoms with Crippen LogP contribution in [-0.4, -0.2) is 10.1 Å². The molecule has 0 atom stereocenters. The van der Waals surface area contributed by atoms with Crippen molar-refractivity contribution in [2.45, 2.75) is 6.92 Å². The first kappa shape index (κ1) is 9.70. The van der Waals surface area contributed by atoms with Gasteiger partial charge in [-0.1, -0.05) is 5.16 Å². The van der Waals surface area contributed by atoms with Crippen molar-refractivity contribution < 1.29 is 17.7 Å². The molecule has 0 saturated heterocycles. The standard InChI is InChI=1S/C9H5F3N2O/c1-4-13-9(15-14-4)8-6(11)2-5(10)3-7(8)12/h2-3H,1H3. The molecular weight excluding hydrogens is 209 g/mol. The number of hydrogen-bond donors (Lipinski definition) is 0. The van der Waals surface area contributed by atoms with Gasteiger partial charge in [0, 0.05) is 12.1 Å². The summed E-state index contributed by atoms with van der Waals surface area (Å²) < 4.78 is 43.6. The Kier molecular flexibility index (Phi) is 2.18. The monoisotopic (exact) mass is 214 g/mol. The molecule has 1 aromatic carbocycles. The Morgan fingerprint density at radius 1 is 1.13 bits per heavy atom. The molecule has 2 aromatic rings. The Bertz CT molecular complexity index is 487. The Morgan fingerprint density at radius 2 is 1.73 bits per heavy atom. The molecule has 2 rings (SSSR count). The van der Waals surface area contributed by atoms with Gasteiger partial charge in [0.05, 0.1) is 0 Å². The van der Waals surface area contributed by atoms with Gasteiger partial charge in [0.15, 0.2) is 5.82 Å². The summed E-state index contributed by atoms with van der Waals surface area (Å²) in [6.07, 6.45) is 0. The fourth-order valence-electron chi connectivity index (χ4n) is 1.15. The lowest BCUT2D eigenvalue weighted by atomic mass is 10.2. The minimum absolute atomic E-state index is 0.244. The second-order valence-electron chi connectivity index (χ2n) is 2.89. The highest BCUT2D eigenvalue weighted by Crippen LogP contribution is 2.25. The van der Waals surface area contributed by atoms with E-state index in [-0.39, 0.29) is 11.7 Å². The van der Waals surface area contributed by atoms with Gasteiger partial charge in [-0.15, -0.1) is 0 Å². The molecule has 0 aliphatic carbocycles. The maximum absolute atomic E-state index is 13.2. The third-order valence-electron chi connectivity index (χ3n) is 1.75. The molecule has 6 heteroatoms. The van der Waals surface area contributed by atoms with Gasteiger partial charge in [-0.05, 0) is 6.92 Å². The van der Waals surface area contributed by atoms with E-state index in [1.807, 2.05) is 0 Å². The number of benzene rings is 1. The summed E-state index contributed by atoms with van der Waals surface area (Å²) in [6.45, 7) is 1.51. The van der Waals surface area contributed by atoms with E-state index in [0.717, 1.165) is 0 Å². The highest BCUT2D eigenvalue weighted by atomic mass is 19.1. The van der Waals surface area contributed by atoms with Crippen LogP contribution in [0.2, 0.25) is 0 Å². The van der Waals surface area contributed by atoms with Crippen LogP contribution in [0, 0.1) is 24.4 Å². The summed E-state index contributed by atoms with van der Waals surface area (Å²) in [4.78, 5) is 3.65. The first-order chi connectivity index (χ1) is 7.08. The molecule has 78 valence electrons. The average molecular weight is 214 g/mol. The van der Waals surface area contributed by atoms with Crippen LogP contribution < -0.4 is 0 Å². The zero-order valence-electron chi connectivity index (χ0n) is 7.59. The van der Waals surface area contributed by atoms with Crippen LogP contribution in [0.1, 0.15) is 5.82 Å². The summed E-state index contributed by atoms with van der Waals surface area (Å²) in [6, 6.07) is 1.11. The number of rotatable bonds is 1. The van der Waals surface area contributed by atoms with Gasteiger partial charge in [-0.25, -0.2) is 13.2 Å². The van der Waals surface area contributed by atoms with Crippen molar-refractivity contribution >= 4 is 0 Å². The van der Waals surface area contributed by atoms with Crippen molar-refractivity contribution in [3.05, 3.63) is 35.4 Å². The molecule has 0 spiro atoms. The molecule has 0 aliphatic rings. The second kappa shape index (κ2) is 3.38. The van der Waals surface area contributed by atoms with Gasteiger partial charge in [0.25, 0.3) is 5.89 Å². The number of aromatic nitrogens is 2. The van der Waals surface area contributed by atoms with Gasteiger partial charge in [-0.2, -0.15) is 4.98 Å². The summed E-state index contributed by atoms with van der Waals surface area (Å²) in [5.41, 5.74) is -0.517. The maximum atomic E-state index is 13.2. The first-order valence-corrected chi connectivity index (χ1v) is 4.03. The van der Waals surface area contributed by atoms with Crippen molar-refractivity contribution in [2.24, 2.45) is 0 Å². The number of hydrogen-bond acceptors (Lipinski definition) is 3. The molecule has 15 heavy (non-hydrogen) atoms. The SMILES string of the molecule is Cc1noc(-c2c(F)cc(F)cc2F)n1. The van der Waals surface area contributed by atoms with Crippen molar-refractivity contribution in [2.75, 3.05) is 0 Å². The Morgan fingerprint density at radius 3 is 2.20 bits per heavy atom. The Labute approximate surface area is 82.5 Å². The van der Waals surface area contributed by atoms with E-state index < -0.39 is 23.0 Å². The highest BCUT2D eigenvalue weighted by Gasteiger charge is 2.18. The molecule has 3 nitrogen and oxygen atoms in total. The Hall–Kier alpha value is -1.85. The largest absolute Gasteiger partial charge is 0.334 e. The molecule has 1 heterocycles. The van der Waals surface area contributed by atoms with E-state index in [1.165, 1.54) is 6.92 Å². The topological polar surface area (TPSA) is 38.9 Å². The number of nitrogens with zero attached hydrogens (tertiary/aromatic N) is 2. The van der Waals surface area contributed by atoms with Crippen LogP contribution in [0.4, 0.5) is 13.2 Å². The summed E-state index contributed by atoms with van der Waals surface area (Å²) in [5, 5.41) is 3.38. The smallest absolute Gasteiger partial charge is 0.263 e. The van der Waals surface area contributed by atoms with E-state index >= 15 is 0 Å². The zero-order chi connectivity index (χ0) is 11.0. The zero-order valence-corrected chi connectivity index (χ0v) is 7.59. The molecule has 0 saturated carbocycles. The molecule has 0 N–H and O–H groups in total. The molecule has 1 aromatic heterocycles. The lowest BCUT2D eigenvalue weighted by molar-refractivity contribution is 0.419. The maximum Gasteiger partial charge on any atom is 0.263 e. The first-order valence-electron chi connectivity index (χ1n) is 4.03. The van der Waals surface area contributed by atoms with Crippen molar-refractivity contribution in [1.29, 1.82) is 0 Å².